The summed E-state index contributed by atoms with van der Waals surface area (Å²) in [7, 11) is 0. The van der Waals surface area contributed by atoms with Gasteiger partial charge in [-0.1, -0.05) is 52.9 Å². The maximum Gasteiger partial charge on any atom is 0.232 e. The lowest BCUT2D eigenvalue weighted by molar-refractivity contribution is -0.139. The number of carbonyl (C=O) groups excluding carboxylic acids is 3. The quantitative estimate of drug-likeness (QED) is 0.367. The molecule has 138 valence electrons. The number of unbranched alkanes of at least 4 members (excludes halogenated alkanes) is 5. The Morgan fingerprint density at radius 1 is 1.08 bits per heavy atom. The predicted octanol–water partition coefficient (Wildman–Crippen LogP) is 4.51. The molecule has 0 aromatic rings. The molecular weight excluding hydrogens is 302 g/mol. The second-order valence-electron chi connectivity index (χ2n) is 7.22. The zero-order valence-electron chi connectivity index (χ0n) is 15.8. The van der Waals surface area contributed by atoms with Gasteiger partial charge in [-0.2, -0.15) is 0 Å². The first-order chi connectivity index (χ1) is 11.5. The fraction of sp³-hybridized carbons (Fsp3) is 0.850. The second-order valence-corrected chi connectivity index (χ2v) is 7.22. The van der Waals surface area contributed by atoms with Crippen LogP contribution in [0, 0.1) is 11.8 Å². The predicted molar refractivity (Wildman–Crippen MR) is 96.5 cm³/mol. The van der Waals surface area contributed by atoms with Gasteiger partial charge in [0.2, 0.25) is 11.8 Å². The topological polar surface area (TPSA) is 54.5 Å². The number of nitrogens with zero attached hydrogens (tertiary/aromatic N) is 1. The number of amides is 2. The van der Waals surface area contributed by atoms with E-state index < -0.39 is 0 Å². The fourth-order valence-electron chi connectivity index (χ4n) is 3.25. The first-order valence-corrected chi connectivity index (χ1v) is 9.88. The molecule has 0 aromatic carbocycles. The maximum atomic E-state index is 12.3. The number of hydrogen-bond donors (Lipinski definition) is 0. The normalized spacial score (nSPS) is 19.1. The highest BCUT2D eigenvalue weighted by Crippen LogP contribution is 2.25. The summed E-state index contributed by atoms with van der Waals surface area (Å²) in [4.78, 5) is 37.6. The van der Waals surface area contributed by atoms with E-state index in [-0.39, 0.29) is 23.7 Å². The summed E-state index contributed by atoms with van der Waals surface area (Å²) in [6.07, 6.45) is 9.93. The third kappa shape index (κ3) is 6.74. The summed E-state index contributed by atoms with van der Waals surface area (Å²) in [5.41, 5.74) is 0. The molecule has 0 aromatic heterocycles. The van der Waals surface area contributed by atoms with Crippen molar-refractivity contribution >= 4 is 17.6 Å². The number of rotatable bonds is 13. The lowest BCUT2D eigenvalue weighted by atomic mass is 9.98. The summed E-state index contributed by atoms with van der Waals surface area (Å²) >= 11 is 0. The SMILES string of the molecule is CCCCCCC1CC(=O)N(CCCCCC(=O)C(C)CC)C1=O. The van der Waals surface area contributed by atoms with Crippen LogP contribution in [0.3, 0.4) is 0 Å². The number of carbonyl (C=O) groups is 3. The molecule has 4 heteroatoms. The van der Waals surface area contributed by atoms with Crippen molar-refractivity contribution in [3.05, 3.63) is 0 Å². The van der Waals surface area contributed by atoms with Gasteiger partial charge < -0.3 is 0 Å². The monoisotopic (exact) mass is 337 g/mol. The van der Waals surface area contributed by atoms with Crippen LogP contribution in [0.2, 0.25) is 0 Å². The van der Waals surface area contributed by atoms with Crippen molar-refractivity contribution in [3.8, 4) is 0 Å². The van der Waals surface area contributed by atoms with E-state index in [2.05, 4.69) is 6.92 Å². The van der Waals surface area contributed by atoms with Crippen LogP contribution in [0.4, 0.5) is 0 Å². The van der Waals surface area contributed by atoms with Crippen molar-refractivity contribution in [1.82, 2.24) is 4.90 Å². The standard InChI is InChI=1S/C20H35NO3/c1-4-6-7-9-12-17-15-19(23)21(20(17)24)14-11-8-10-13-18(22)16(3)5-2/h16-17H,4-15H2,1-3H3. The molecule has 1 saturated heterocycles. The van der Waals surface area contributed by atoms with E-state index >= 15 is 0 Å². The van der Waals surface area contributed by atoms with Crippen LogP contribution in [-0.4, -0.2) is 29.0 Å². The molecule has 1 rings (SSSR count). The van der Waals surface area contributed by atoms with Gasteiger partial charge in [0.1, 0.15) is 5.78 Å². The Balaban J connectivity index is 2.22. The van der Waals surface area contributed by atoms with Crippen LogP contribution in [0.15, 0.2) is 0 Å². The van der Waals surface area contributed by atoms with Crippen molar-refractivity contribution in [3.63, 3.8) is 0 Å². The van der Waals surface area contributed by atoms with Gasteiger partial charge in [0.15, 0.2) is 0 Å². The first-order valence-electron chi connectivity index (χ1n) is 9.88. The number of ketones is 1. The van der Waals surface area contributed by atoms with E-state index in [9.17, 15) is 14.4 Å². The molecule has 24 heavy (non-hydrogen) atoms. The van der Waals surface area contributed by atoms with Crippen molar-refractivity contribution in [2.75, 3.05) is 6.54 Å². The Kier molecular flexibility index (Phi) is 9.89. The van der Waals surface area contributed by atoms with Gasteiger partial charge in [-0.15, -0.1) is 0 Å². The summed E-state index contributed by atoms with van der Waals surface area (Å²) in [6.45, 7) is 6.71. The zero-order chi connectivity index (χ0) is 17.9. The lowest BCUT2D eigenvalue weighted by Crippen LogP contribution is -2.31. The average Bonchev–Trinajstić information content (AvgIpc) is 2.84. The second kappa shape index (κ2) is 11.4. The Morgan fingerprint density at radius 2 is 1.79 bits per heavy atom. The van der Waals surface area contributed by atoms with Crippen LogP contribution < -0.4 is 0 Å². The third-order valence-electron chi connectivity index (χ3n) is 5.21. The summed E-state index contributed by atoms with van der Waals surface area (Å²) in [5, 5.41) is 0. The molecule has 1 aliphatic heterocycles. The van der Waals surface area contributed by atoms with Crippen LogP contribution in [0.25, 0.3) is 0 Å². The van der Waals surface area contributed by atoms with Crippen molar-refractivity contribution in [2.24, 2.45) is 11.8 Å². The van der Waals surface area contributed by atoms with E-state index in [1.807, 2.05) is 13.8 Å². The largest absolute Gasteiger partial charge is 0.299 e. The average molecular weight is 338 g/mol. The molecule has 0 bridgehead atoms. The molecule has 2 amide bonds. The molecule has 2 unspecified atom stereocenters. The van der Waals surface area contributed by atoms with Gasteiger partial charge in [0.05, 0.1) is 0 Å². The molecule has 0 radical (unpaired) electrons. The number of imide groups is 1. The minimum Gasteiger partial charge on any atom is -0.299 e. The van der Waals surface area contributed by atoms with Gasteiger partial charge >= 0.3 is 0 Å². The number of likely N-dealkylation sites (tertiary alicyclic amines) is 1. The molecule has 0 spiro atoms. The Labute approximate surface area is 147 Å². The summed E-state index contributed by atoms with van der Waals surface area (Å²) in [6, 6.07) is 0. The first kappa shape index (κ1) is 20.9. The van der Waals surface area contributed by atoms with E-state index in [0.29, 0.717) is 25.2 Å². The molecule has 0 aliphatic carbocycles. The van der Waals surface area contributed by atoms with Crippen LogP contribution in [0.5, 0.6) is 0 Å². The van der Waals surface area contributed by atoms with E-state index in [1.165, 1.54) is 17.7 Å². The maximum absolute atomic E-state index is 12.3. The molecule has 1 fully saturated rings. The molecule has 1 heterocycles. The van der Waals surface area contributed by atoms with Gasteiger partial charge in [-0.05, 0) is 25.7 Å². The highest BCUT2D eigenvalue weighted by molar-refractivity contribution is 6.03. The van der Waals surface area contributed by atoms with Gasteiger partial charge in [-0.25, -0.2) is 0 Å². The minimum atomic E-state index is -0.0821. The molecule has 0 N–H and O–H groups in total. The molecule has 2 atom stereocenters. The number of hydrogen-bond acceptors (Lipinski definition) is 3. The zero-order valence-corrected chi connectivity index (χ0v) is 15.8. The smallest absolute Gasteiger partial charge is 0.232 e. The minimum absolute atomic E-state index is 0.00354. The van der Waals surface area contributed by atoms with Gasteiger partial charge in [-0.3, -0.25) is 19.3 Å². The van der Waals surface area contributed by atoms with E-state index in [4.69, 9.17) is 0 Å². The fourth-order valence-corrected chi connectivity index (χ4v) is 3.25. The van der Waals surface area contributed by atoms with Crippen LogP contribution in [-0.2, 0) is 14.4 Å². The van der Waals surface area contributed by atoms with Crippen molar-refractivity contribution in [1.29, 1.82) is 0 Å². The molecular formula is C20H35NO3. The van der Waals surface area contributed by atoms with Crippen molar-refractivity contribution in [2.45, 2.75) is 91.4 Å². The van der Waals surface area contributed by atoms with Gasteiger partial charge in [0.25, 0.3) is 0 Å². The Bertz CT molecular complexity index is 419. The van der Waals surface area contributed by atoms with E-state index in [1.54, 1.807) is 0 Å². The summed E-state index contributed by atoms with van der Waals surface area (Å²) in [5.74, 6) is 0.433. The number of Topliss-reactive ketones (excluding diaryl/α,β-unsaturated/α-hetero) is 1. The van der Waals surface area contributed by atoms with Crippen molar-refractivity contribution < 1.29 is 14.4 Å². The Morgan fingerprint density at radius 3 is 2.46 bits per heavy atom. The highest BCUT2D eigenvalue weighted by Gasteiger charge is 2.37. The molecule has 4 nitrogen and oxygen atoms in total. The summed E-state index contributed by atoms with van der Waals surface area (Å²) < 4.78 is 0. The molecule has 0 saturated carbocycles. The van der Waals surface area contributed by atoms with Crippen LogP contribution >= 0.6 is 0 Å². The van der Waals surface area contributed by atoms with E-state index in [0.717, 1.165) is 44.9 Å². The lowest BCUT2D eigenvalue weighted by Gasteiger charge is -2.15. The third-order valence-corrected chi connectivity index (χ3v) is 5.21. The molecule has 1 aliphatic rings. The van der Waals surface area contributed by atoms with Crippen LogP contribution in [0.1, 0.15) is 91.4 Å². The highest BCUT2D eigenvalue weighted by atomic mass is 16.2. The Hall–Kier alpha value is -1.19. The van der Waals surface area contributed by atoms with Gasteiger partial charge in [0, 0.05) is 31.2 Å².